The highest BCUT2D eigenvalue weighted by molar-refractivity contribution is 5.53. The molecule has 0 unspecified atom stereocenters. The van der Waals surface area contributed by atoms with Crippen LogP contribution in [0.15, 0.2) is 18.2 Å². The lowest BCUT2D eigenvalue weighted by molar-refractivity contribution is 0.199. The summed E-state index contributed by atoms with van der Waals surface area (Å²) in [6, 6.07) is 5.25. The maximum Gasteiger partial charge on any atom is 0.129 e. The molecule has 0 aliphatic rings. The number of nitrogens with one attached hydrogen (secondary N) is 1. The van der Waals surface area contributed by atoms with Crippen LogP contribution in [0.4, 0.5) is 10.1 Å². The fourth-order valence-electron chi connectivity index (χ4n) is 2.11. The Balaban J connectivity index is 2.76. The molecule has 0 fully saturated rings. The van der Waals surface area contributed by atoms with E-state index in [2.05, 4.69) is 24.1 Å². The highest BCUT2D eigenvalue weighted by Gasteiger charge is 2.12. The Morgan fingerprint density at radius 2 is 2.11 bits per heavy atom. The van der Waals surface area contributed by atoms with Gasteiger partial charge < -0.3 is 15.0 Å². The van der Waals surface area contributed by atoms with Crippen molar-refractivity contribution in [2.75, 3.05) is 38.8 Å². The Labute approximate surface area is 115 Å². The molecular formula is C15H25FN2O. The summed E-state index contributed by atoms with van der Waals surface area (Å²) >= 11 is 0. The topological polar surface area (TPSA) is 24.5 Å². The van der Waals surface area contributed by atoms with Crippen molar-refractivity contribution in [2.45, 2.75) is 20.4 Å². The summed E-state index contributed by atoms with van der Waals surface area (Å²) in [6.45, 7) is 7.10. The summed E-state index contributed by atoms with van der Waals surface area (Å²) in [5, 5.41) is 3.20. The molecule has 0 atom stereocenters. The normalized spacial score (nSPS) is 11.1. The average Bonchev–Trinajstić information content (AvgIpc) is 2.35. The van der Waals surface area contributed by atoms with Crippen molar-refractivity contribution in [1.82, 2.24) is 5.32 Å². The molecule has 1 aromatic carbocycles. The van der Waals surface area contributed by atoms with Gasteiger partial charge in [0, 0.05) is 45.0 Å². The van der Waals surface area contributed by atoms with E-state index in [0.717, 1.165) is 24.3 Å². The number of ether oxygens (including phenoxy) is 1. The first-order valence-electron chi connectivity index (χ1n) is 6.74. The van der Waals surface area contributed by atoms with E-state index in [-0.39, 0.29) is 5.82 Å². The molecule has 108 valence electrons. The van der Waals surface area contributed by atoms with E-state index in [0.29, 0.717) is 19.1 Å². The minimum Gasteiger partial charge on any atom is -0.383 e. The first-order chi connectivity index (χ1) is 9.06. The van der Waals surface area contributed by atoms with Crippen LogP contribution < -0.4 is 10.2 Å². The van der Waals surface area contributed by atoms with E-state index in [1.165, 1.54) is 6.07 Å². The third-order valence-corrected chi connectivity index (χ3v) is 2.93. The van der Waals surface area contributed by atoms with Gasteiger partial charge in [0.25, 0.3) is 0 Å². The second-order valence-electron chi connectivity index (χ2n) is 5.18. The zero-order valence-corrected chi connectivity index (χ0v) is 12.4. The first-order valence-corrected chi connectivity index (χ1v) is 6.74. The van der Waals surface area contributed by atoms with E-state index in [1.807, 2.05) is 13.1 Å². The van der Waals surface area contributed by atoms with Crippen LogP contribution in [0.3, 0.4) is 0 Å². The van der Waals surface area contributed by atoms with Crippen LogP contribution in [-0.4, -0.2) is 33.9 Å². The molecule has 4 heteroatoms. The van der Waals surface area contributed by atoms with Gasteiger partial charge in [0.2, 0.25) is 0 Å². The number of methoxy groups -OCH3 is 1. The van der Waals surface area contributed by atoms with Gasteiger partial charge in [0.15, 0.2) is 0 Å². The van der Waals surface area contributed by atoms with Crippen molar-refractivity contribution >= 4 is 5.69 Å². The lowest BCUT2D eigenvalue weighted by Gasteiger charge is -2.24. The Kier molecular flexibility index (Phi) is 6.81. The smallest absolute Gasteiger partial charge is 0.129 e. The standard InChI is InChI=1S/C15H25FN2O/c1-12(2)11-18(3)15-7-5-6-14(16)13(15)10-17-8-9-19-4/h5-7,12,17H,8-11H2,1-4H3. The van der Waals surface area contributed by atoms with Gasteiger partial charge in [-0.1, -0.05) is 19.9 Å². The van der Waals surface area contributed by atoms with Gasteiger partial charge in [-0.05, 0) is 18.1 Å². The minimum absolute atomic E-state index is 0.155. The van der Waals surface area contributed by atoms with Gasteiger partial charge in [0.05, 0.1) is 6.61 Å². The highest BCUT2D eigenvalue weighted by Crippen LogP contribution is 2.23. The van der Waals surface area contributed by atoms with Crippen LogP contribution >= 0.6 is 0 Å². The molecule has 0 saturated heterocycles. The number of hydrogen-bond donors (Lipinski definition) is 1. The number of nitrogens with zero attached hydrogens (tertiary/aromatic N) is 1. The van der Waals surface area contributed by atoms with Crippen LogP contribution in [0.2, 0.25) is 0 Å². The molecule has 0 aliphatic heterocycles. The van der Waals surface area contributed by atoms with Gasteiger partial charge in [-0.2, -0.15) is 0 Å². The highest BCUT2D eigenvalue weighted by atomic mass is 19.1. The number of halogens is 1. The summed E-state index contributed by atoms with van der Waals surface area (Å²) in [5.74, 6) is 0.389. The Morgan fingerprint density at radius 3 is 2.74 bits per heavy atom. The molecule has 0 bridgehead atoms. The zero-order valence-electron chi connectivity index (χ0n) is 12.4. The summed E-state index contributed by atoms with van der Waals surface area (Å²) in [7, 11) is 3.67. The third-order valence-electron chi connectivity index (χ3n) is 2.93. The van der Waals surface area contributed by atoms with E-state index >= 15 is 0 Å². The quantitative estimate of drug-likeness (QED) is 0.734. The molecule has 0 saturated carbocycles. The average molecular weight is 268 g/mol. The molecule has 1 N–H and O–H groups in total. The van der Waals surface area contributed by atoms with Crippen LogP contribution in [0.1, 0.15) is 19.4 Å². The molecule has 19 heavy (non-hydrogen) atoms. The summed E-state index contributed by atoms with van der Waals surface area (Å²) in [4.78, 5) is 2.11. The lowest BCUT2D eigenvalue weighted by Crippen LogP contribution is -2.26. The fraction of sp³-hybridized carbons (Fsp3) is 0.600. The molecule has 3 nitrogen and oxygen atoms in total. The molecule has 1 aromatic rings. The van der Waals surface area contributed by atoms with Crippen molar-refractivity contribution in [3.63, 3.8) is 0 Å². The van der Waals surface area contributed by atoms with Crippen molar-refractivity contribution in [2.24, 2.45) is 5.92 Å². The van der Waals surface area contributed by atoms with Crippen molar-refractivity contribution in [3.05, 3.63) is 29.6 Å². The van der Waals surface area contributed by atoms with Crippen LogP contribution in [0.5, 0.6) is 0 Å². The second kappa shape index (κ2) is 8.12. The molecule has 1 rings (SSSR count). The Morgan fingerprint density at radius 1 is 1.37 bits per heavy atom. The molecule has 0 aliphatic carbocycles. The lowest BCUT2D eigenvalue weighted by atomic mass is 10.1. The van der Waals surface area contributed by atoms with Crippen LogP contribution in [0.25, 0.3) is 0 Å². The van der Waals surface area contributed by atoms with Gasteiger partial charge in [-0.15, -0.1) is 0 Å². The van der Waals surface area contributed by atoms with Crippen LogP contribution in [-0.2, 0) is 11.3 Å². The summed E-state index contributed by atoms with van der Waals surface area (Å²) in [6.07, 6.45) is 0. The third kappa shape index (κ3) is 5.17. The molecule has 0 spiro atoms. The van der Waals surface area contributed by atoms with E-state index in [9.17, 15) is 4.39 Å². The molecule has 0 heterocycles. The summed E-state index contributed by atoms with van der Waals surface area (Å²) < 4.78 is 18.9. The predicted molar refractivity (Wildman–Crippen MR) is 78.1 cm³/mol. The first kappa shape index (κ1) is 15.9. The maximum atomic E-state index is 14.0. The van der Waals surface area contributed by atoms with Gasteiger partial charge in [-0.25, -0.2) is 4.39 Å². The molecular weight excluding hydrogens is 243 g/mol. The van der Waals surface area contributed by atoms with E-state index in [4.69, 9.17) is 4.74 Å². The molecule has 0 amide bonds. The summed E-state index contributed by atoms with van der Waals surface area (Å²) in [5.41, 5.74) is 1.68. The zero-order chi connectivity index (χ0) is 14.3. The van der Waals surface area contributed by atoms with Crippen molar-refractivity contribution < 1.29 is 9.13 Å². The second-order valence-corrected chi connectivity index (χ2v) is 5.18. The number of hydrogen-bond acceptors (Lipinski definition) is 3. The SMILES string of the molecule is COCCNCc1c(F)cccc1N(C)CC(C)C. The van der Waals surface area contributed by atoms with E-state index in [1.54, 1.807) is 13.2 Å². The predicted octanol–water partition coefficient (Wildman–Crippen LogP) is 2.65. The Bertz CT molecular complexity index is 382. The number of benzene rings is 1. The van der Waals surface area contributed by atoms with Crippen LogP contribution in [0, 0.1) is 11.7 Å². The van der Waals surface area contributed by atoms with Gasteiger partial charge >= 0.3 is 0 Å². The molecule has 0 radical (unpaired) electrons. The van der Waals surface area contributed by atoms with Gasteiger partial charge in [-0.3, -0.25) is 0 Å². The fourth-order valence-corrected chi connectivity index (χ4v) is 2.11. The maximum absolute atomic E-state index is 14.0. The van der Waals surface area contributed by atoms with E-state index < -0.39 is 0 Å². The number of rotatable bonds is 8. The minimum atomic E-state index is -0.155. The van der Waals surface area contributed by atoms with Crippen molar-refractivity contribution in [3.8, 4) is 0 Å². The van der Waals surface area contributed by atoms with Gasteiger partial charge in [0.1, 0.15) is 5.82 Å². The van der Waals surface area contributed by atoms with Crippen molar-refractivity contribution in [1.29, 1.82) is 0 Å². The number of anilines is 1. The Hall–Kier alpha value is -1.13. The monoisotopic (exact) mass is 268 g/mol. The molecule has 0 aromatic heterocycles. The largest absolute Gasteiger partial charge is 0.383 e.